The van der Waals surface area contributed by atoms with Gasteiger partial charge in [-0.2, -0.15) is 0 Å². The molecule has 0 saturated heterocycles. The van der Waals surface area contributed by atoms with Crippen molar-refractivity contribution in [2.75, 3.05) is 0 Å². The Hall–Kier alpha value is -2.34. The van der Waals surface area contributed by atoms with Crippen LogP contribution in [0.15, 0.2) is 53.4 Å². The van der Waals surface area contributed by atoms with Crippen molar-refractivity contribution in [2.45, 2.75) is 10.6 Å². The minimum atomic E-state index is -1.30. The van der Waals surface area contributed by atoms with Crippen molar-refractivity contribution in [3.63, 3.8) is 0 Å². The van der Waals surface area contributed by atoms with Gasteiger partial charge in [0.05, 0.1) is 4.92 Å². The third-order valence-electron chi connectivity index (χ3n) is 2.64. The van der Waals surface area contributed by atoms with E-state index in [1.807, 2.05) is 30.3 Å². The fraction of sp³-hybridized carbons (Fsp3) is 0.0714. The molecule has 5 nitrogen and oxygen atoms in total. The number of hydrogen-bond donors (Lipinski definition) is 1. The SMILES string of the molecule is O=C(O)c1ccc(SCc2ccccc2)cc1[N+](=O)[O-]. The van der Waals surface area contributed by atoms with E-state index in [9.17, 15) is 14.9 Å². The molecule has 0 unspecified atom stereocenters. The predicted molar refractivity (Wildman–Crippen MR) is 76.1 cm³/mol. The Labute approximate surface area is 119 Å². The molecule has 102 valence electrons. The molecule has 0 saturated carbocycles. The van der Waals surface area contributed by atoms with E-state index in [0.717, 1.165) is 5.56 Å². The molecule has 0 spiro atoms. The average Bonchev–Trinajstić information content (AvgIpc) is 2.45. The summed E-state index contributed by atoms with van der Waals surface area (Å²) in [5, 5.41) is 19.8. The summed E-state index contributed by atoms with van der Waals surface area (Å²) >= 11 is 1.43. The quantitative estimate of drug-likeness (QED) is 0.517. The largest absolute Gasteiger partial charge is 0.477 e. The van der Waals surface area contributed by atoms with Gasteiger partial charge in [0.25, 0.3) is 5.69 Å². The molecule has 0 aromatic heterocycles. The summed E-state index contributed by atoms with van der Waals surface area (Å²) in [6.07, 6.45) is 0. The first-order valence-corrected chi connectivity index (χ1v) is 6.75. The molecule has 0 aliphatic heterocycles. The van der Waals surface area contributed by atoms with E-state index in [-0.39, 0.29) is 11.3 Å². The first kappa shape index (κ1) is 14.1. The highest BCUT2D eigenvalue weighted by molar-refractivity contribution is 7.98. The topological polar surface area (TPSA) is 80.4 Å². The number of nitro benzene ring substituents is 1. The van der Waals surface area contributed by atoms with Crippen LogP contribution in [0.1, 0.15) is 15.9 Å². The van der Waals surface area contributed by atoms with Gasteiger partial charge in [-0.1, -0.05) is 30.3 Å². The maximum atomic E-state index is 10.9. The van der Waals surface area contributed by atoms with Crippen LogP contribution in [0, 0.1) is 10.1 Å². The van der Waals surface area contributed by atoms with E-state index in [4.69, 9.17) is 5.11 Å². The molecular weight excluding hydrogens is 278 g/mol. The fourth-order valence-electron chi connectivity index (χ4n) is 1.67. The number of carbonyl (C=O) groups is 1. The summed E-state index contributed by atoms with van der Waals surface area (Å²) in [7, 11) is 0. The first-order valence-electron chi connectivity index (χ1n) is 5.76. The molecule has 0 fully saturated rings. The summed E-state index contributed by atoms with van der Waals surface area (Å²) in [6.45, 7) is 0. The Morgan fingerprint density at radius 1 is 1.20 bits per heavy atom. The van der Waals surface area contributed by atoms with E-state index in [2.05, 4.69) is 0 Å². The van der Waals surface area contributed by atoms with Crippen molar-refractivity contribution < 1.29 is 14.8 Å². The van der Waals surface area contributed by atoms with Crippen molar-refractivity contribution in [3.05, 3.63) is 69.8 Å². The Balaban J connectivity index is 2.19. The highest BCUT2D eigenvalue weighted by Crippen LogP contribution is 2.28. The molecule has 20 heavy (non-hydrogen) atoms. The third-order valence-corrected chi connectivity index (χ3v) is 3.71. The van der Waals surface area contributed by atoms with Crippen LogP contribution in [0.2, 0.25) is 0 Å². The maximum Gasteiger partial charge on any atom is 0.342 e. The molecule has 0 atom stereocenters. The smallest absolute Gasteiger partial charge is 0.342 e. The summed E-state index contributed by atoms with van der Waals surface area (Å²) < 4.78 is 0. The molecule has 0 aliphatic carbocycles. The van der Waals surface area contributed by atoms with Gasteiger partial charge in [0, 0.05) is 16.7 Å². The third kappa shape index (κ3) is 3.36. The summed E-state index contributed by atoms with van der Waals surface area (Å²) in [6, 6.07) is 13.9. The lowest BCUT2D eigenvalue weighted by atomic mass is 10.2. The van der Waals surface area contributed by atoms with E-state index in [1.54, 1.807) is 6.07 Å². The molecule has 1 N–H and O–H groups in total. The van der Waals surface area contributed by atoms with Gasteiger partial charge >= 0.3 is 5.97 Å². The second kappa shape index (κ2) is 6.21. The summed E-state index contributed by atoms with van der Waals surface area (Å²) in [5.74, 6) is -0.624. The average molecular weight is 289 g/mol. The van der Waals surface area contributed by atoms with Crippen LogP contribution in [0.4, 0.5) is 5.69 Å². The van der Waals surface area contributed by atoms with Gasteiger partial charge in [-0.05, 0) is 17.7 Å². The van der Waals surface area contributed by atoms with Gasteiger partial charge in [0.15, 0.2) is 0 Å². The maximum absolute atomic E-state index is 10.9. The zero-order valence-corrected chi connectivity index (χ0v) is 11.2. The van der Waals surface area contributed by atoms with Crippen LogP contribution in [0.3, 0.4) is 0 Å². The molecule has 0 radical (unpaired) electrons. The van der Waals surface area contributed by atoms with Crippen molar-refractivity contribution in [3.8, 4) is 0 Å². The summed E-state index contributed by atoms with van der Waals surface area (Å²) in [4.78, 5) is 21.8. The van der Waals surface area contributed by atoms with Crippen molar-refractivity contribution in [1.82, 2.24) is 0 Å². The van der Waals surface area contributed by atoms with Crippen LogP contribution >= 0.6 is 11.8 Å². The molecule has 0 aliphatic rings. The zero-order chi connectivity index (χ0) is 14.5. The Morgan fingerprint density at radius 3 is 2.50 bits per heavy atom. The highest BCUT2D eigenvalue weighted by atomic mass is 32.2. The van der Waals surface area contributed by atoms with E-state index in [1.165, 1.54) is 23.9 Å². The molecule has 0 bridgehead atoms. The Morgan fingerprint density at radius 2 is 1.90 bits per heavy atom. The molecule has 2 aromatic rings. The standard InChI is InChI=1S/C14H11NO4S/c16-14(17)12-7-6-11(8-13(12)15(18)19)20-9-10-4-2-1-3-5-10/h1-8H,9H2,(H,16,17). The van der Waals surface area contributed by atoms with Gasteiger partial charge in [0.1, 0.15) is 5.56 Å². The van der Waals surface area contributed by atoms with Crippen LogP contribution in [0.5, 0.6) is 0 Å². The van der Waals surface area contributed by atoms with E-state index >= 15 is 0 Å². The second-order valence-corrected chi connectivity index (χ2v) is 5.06. The lowest BCUT2D eigenvalue weighted by molar-refractivity contribution is -0.385. The highest BCUT2D eigenvalue weighted by Gasteiger charge is 2.20. The van der Waals surface area contributed by atoms with Crippen LogP contribution in [0.25, 0.3) is 0 Å². The van der Waals surface area contributed by atoms with E-state index < -0.39 is 10.9 Å². The zero-order valence-electron chi connectivity index (χ0n) is 10.4. The van der Waals surface area contributed by atoms with Gasteiger partial charge < -0.3 is 5.11 Å². The lowest BCUT2D eigenvalue weighted by Gasteiger charge is -2.04. The number of hydrogen-bond acceptors (Lipinski definition) is 4. The molecular formula is C14H11NO4S. The monoisotopic (exact) mass is 289 g/mol. The Bertz CT molecular complexity index is 643. The van der Waals surface area contributed by atoms with E-state index in [0.29, 0.717) is 10.6 Å². The number of nitrogens with zero attached hydrogens (tertiary/aromatic N) is 1. The van der Waals surface area contributed by atoms with Crippen LogP contribution in [-0.4, -0.2) is 16.0 Å². The van der Waals surface area contributed by atoms with Crippen LogP contribution in [-0.2, 0) is 5.75 Å². The van der Waals surface area contributed by atoms with Gasteiger partial charge in [-0.3, -0.25) is 10.1 Å². The Kier molecular flexibility index (Phi) is 4.37. The van der Waals surface area contributed by atoms with Gasteiger partial charge in [-0.15, -0.1) is 11.8 Å². The molecule has 6 heteroatoms. The summed E-state index contributed by atoms with van der Waals surface area (Å²) in [5.41, 5.74) is 0.428. The molecule has 0 heterocycles. The predicted octanol–water partition coefficient (Wildman–Crippen LogP) is 3.59. The molecule has 2 aromatic carbocycles. The van der Waals surface area contributed by atoms with Crippen molar-refractivity contribution >= 4 is 23.4 Å². The van der Waals surface area contributed by atoms with Gasteiger partial charge in [0.2, 0.25) is 0 Å². The number of carboxylic acid groups (broad SMARTS) is 1. The number of rotatable bonds is 5. The normalized spacial score (nSPS) is 10.2. The van der Waals surface area contributed by atoms with Gasteiger partial charge in [-0.25, -0.2) is 4.79 Å². The number of nitro groups is 1. The number of thioether (sulfide) groups is 1. The second-order valence-electron chi connectivity index (χ2n) is 4.02. The van der Waals surface area contributed by atoms with Crippen molar-refractivity contribution in [1.29, 1.82) is 0 Å². The minimum absolute atomic E-state index is 0.293. The molecule has 2 rings (SSSR count). The van der Waals surface area contributed by atoms with Crippen molar-refractivity contribution in [2.24, 2.45) is 0 Å². The fourth-order valence-corrected chi connectivity index (χ4v) is 2.56. The first-order chi connectivity index (χ1) is 9.58. The number of aromatic carboxylic acids is 1. The minimum Gasteiger partial charge on any atom is -0.477 e. The van der Waals surface area contributed by atoms with Crippen LogP contribution < -0.4 is 0 Å². The molecule has 0 amide bonds. The number of carboxylic acids is 1. The number of benzene rings is 2. The lowest BCUT2D eigenvalue weighted by Crippen LogP contribution is -2.02.